The van der Waals surface area contributed by atoms with Gasteiger partial charge in [-0.3, -0.25) is 4.79 Å². The van der Waals surface area contributed by atoms with Crippen molar-refractivity contribution in [3.63, 3.8) is 0 Å². The van der Waals surface area contributed by atoms with Crippen LogP contribution in [0.15, 0.2) is 0 Å². The van der Waals surface area contributed by atoms with Crippen molar-refractivity contribution in [2.24, 2.45) is 5.73 Å². The van der Waals surface area contributed by atoms with Gasteiger partial charge >= 0.3 is 0 Å². The summed E-state index contributed by atoms with van der Waals surface area (Å²) in [5.41, 5.74) is 4.34. The smallest absolute Gasteiger partial charge is 0.273 e. The molecule has 0 saturated carbocycles. The van der Waals surface area contributed by atoms with Crippen molar-refractivity contribution < 1.29 is 19.7 Å². The summed E-state index contributed by atoms with van der Waals surface area (Å²) in [4.78, 5) is 10.9. The largest absolute Gasteiger partial charge is 0.468 e. The number of thiol groups is 1. The van der Waals surface area contributed by atoms with Crippen LogP contribution >= 0.6 is 24.8 Å². The summed E-state index contributed by atoms with van der Waals surface area (Å²) in [6.45, 7) is 5.26. The molecule has 1 amide bonds. The summed E-state index contributed by atoms with van der Waals surface area (Å²) >= 11 is 8.06. The van der Waals surface area contributed by atoms with Gasteiger partial charge in [-0.1, -0.05) is 12.6 Å². The maximum atomic E-state index is 9.09. The van der Waals surface area contributed by atoms with Gasteiger partial charge in [0.05, 0.1) is 6.61 Å². The molecule has 0 aromatic rings. The molecule has 17 heavy (non-hydrogen) atoms. The van der Waals surface area contributed by atoms with Gasteiger partial charge in [-0.2, -0.15) is 0 Å². The first-order valence-corrected chi connectivity index (χ1v) is 5.93. The number of aliphatic hydroxyl groups is 2. The standard InChI is InChI=1S/C8H17NO3S.CH3NOS/c1-3-9(4-2)8(13)12-6-7(11)5-10;2-1(3)4/h7,10-11H,3-6H2,1-2H3;(H3,2,3,4). The molecule has 0 saturated heterocycles. The van der Waals surface area contributed by atoms with E-state index in [0.717, 1.165) is 13.1 Å². The quantitative estimate of drug-likeness (QED) is 0.418. The Kier molecular flexibility index (Phi) is 13.2. The number of carbonyl (C=O) groups excluding carboxylic acids is 1. The third kappa shape index (κ3) is 13.4. The second-order valence-electron chi connectivity index (χ2n) is 2.92. The molecule has 0 rings (SSSR count). The van der Waals surface area contributed by atoms with E-state index in [2.05, 4.69) is 18.4 Å². The van der Waals surface area contributed by atoms with Crippen molar-refractivity contribution in [1.82, 2.24) is 4.90 Å². The lowest BCUT2D eigenvalue weighted by molar-refractivity contribution is 0.0450. The lowest BCUT2D eigenvalue weighted by atomic mass is 10.4. The molecule has 0 aliphatic rings. The van der Waals surface area contributed by atoms with Crippen molar-refractivity contribution in [1.29, 1.82) is 0 Å². The molecule has 1 unspecified atom stereocenters. The van der Waals surface area contributed by atoms with Crippen LogP contribution < -0.4 is 5.73 Å². The van der Waals surface area contributed by atoms with Gasteiger partial charge < -0.3 is 25.6 Å². The molecule has 0 radical (unpaired) electrons. The molecule has 0 aliphatic carbocycles. The van der Waals surface area contributed by atoms with Crippen LogP contribution in [0.5, 0.6) is 0 Å². The van der Waals surface area contributed by atoms with E-state index in [0.29, 0.717) is 5.17 Å². The summed E-state index contributed by atoms with van der Waals surface area (Å²) in [5, 5.41) is 17.2. The Bertz CT molecular complexity index is 221. The lowest BCUT2D eigenvalue weighted by Gasteiger charge is -2.22. The number of hydrogen-bond acceptors (Lipinski definition) is 5. The average Bonchev–Trinajstić information content (AvgIpc) is 2.26. The summed E-state index contributed by atoms with van der Waals surface area (Å²) in [6.07, 6.45) is -0.853. The predicted molar refractivity (Wildman–Crippen MR) is 73.1 cm³/mol. The molecular weight excluding hydrogens is 264 g/mol. The number of aliphatic hydroxyl groups excluding tert-OH is 2. The van der Waals surface area contributed by atoms with Crippen molar-refractivity contribution >= 4 is 35.3 Å². The zero-order valence-corrected chi connectivity index (χ0v) is 11.7. The molecule has 8 heteroatoms. The van der Waals surface area contributed by atoms with Crippen LogP contribution in [0.1, 0.15) is 13.8 Å². The number of thiocarbonyl (C=S) groups is 1. The molecule has 0 bridgehead atoms. The normalized spacial score (nSPS) is 10.9. The van der Waals surface area contributed by atoms with E-state index in [1.54, 1.807) is 0 Å². The van der Waals surface area contributed by atoms with Gasteiger partial charge in [0.1, 0.15) is 12.7 Å². The van der Waals surface area contributed by atoms with Crippen LogP contribution in [0.3, 0.4) is 0 Å². The number of primary amides is 1. The molecule has 0 heterocycles. The SMILES string of the molecule is CCN(CC)C(=S)OCC(O)CO.NC(=O)S. The lowest BCUT2D eigenvalue weighted by Crippen LogP contribution is -2.33. The van der Waals surface area contributed by atoms with E-state index in [4.69, 9.17) is 32.0 Å². The molecule has 6 nitrogen and oxygen atoms in total. The Morgan fingerprint density at radius 2 is 1.94 bits per heavy atom. The number of amides is 1. The minimum Gasteiger partial charge on any atom is -0.468 e. The fourth-order valence-electron chi connectivity index (χ4n) is 0.793. The number of hydrogen-bond donors (Lipinski definition) is 4. The van der Waals surface area contributed by atoms with Crippen LogP contribution in [0, 0.1) is 0 Å². The zero-order valence-electron chi connectivity index (χ0n) is 10.00. The van der Waals surface area contributed by atoms with E-state index in [1.807, 2.05) is 18.7 Å². The molecule has 0 aromatic heterocycles. The first kappa shape index (κ1) is 18.8. The van der Waals surface area contributed by atoms with Crippen molar-refractivity contribution in [2.45, 2.75) is 20.0 Å². The summed E-state index contributed by atoms with van der Waals surface area (Å²) in [7, 11) is 0. The number of ether oxygens (including phenoxy) is 1. The Hall–Kier alpha value is -0.570. The van der Waals surface area contributed by atoms with Crippen LogP contribution in [0.25, 0.3) is 0 Å². The average molecular weight is 284 g/mol. The van der Waals surface area contributed by atoms with Crippen LogP contribution in [-0.2, 0) is 4.74 Å². The topological polar surface area (TPSA) is 96.0 Å². The highest BCUT2D eigenvalue weighted by atomic mass is 32.1. The summed E-state index contributed by atoms with van der Waals surface area (Å²) in [5.74, 6) is 0. The van der Waals surface area contributed by atoms with E-state index < -0.39 is 11.3 Å². The molecule has 0 spiro atoms. The van der Waals surface area contributed by atoms with Gasteiger partial charge in [-0.15, -0.1) is 0 Å². The number of rotatable bonds is 5. The van der Waals surface area contributed by atoms with E-state index in [1.165, 1.54) is 0 Å². The van der Waals surface area contributed by atoms with Crippen molar-refractivity contribution in [2.75, 3.05) is 26.3 Å². The van der Waals surface area contributed by atoms with Crippen LogP contribution in [0.2, 0.25) is 0 Å². The van der Waals surface area contributed by atoms with E-state index in [9.17, 15) is 0 Å². The first-order chi connectivity index (χ1) is 7.88. The van der Waals surface area contributed by atoms with Crippen LogP contribution in [-0.4, -0.2) is 57.9 Å². The second kappa shape index (κ2) is 11.9. The molecule has 0 aliphatic heterocycles. The number of nitrogens with zero attached hydrogens (tertiary/aromatic N) is 1. The Morgan fingerprint density at radius 3 is 2.24 bits per heavy atom. The maximum Gasteiger partial charge on any atom is 0.273 e. The third-order valence-electron chi connectivity index (χ3n) is 1.63. The highest BCUT2D eigenvalue weighted by Gasteiger charge is 2.08. The Balaban J connectivity index is 0. The highest BCUT2D eigenvalue weighted by molar-refractivity contribution is 7.96. The molecule has 0 aromatic carbocycles. The Morgan fingerprint density at radius 1 is 1.53 bits per heavy atom. The fourth-order valence-corrected chi connectivity index (χ4v) is 1.12. The Labute approximate surface area is 112 Å². The number of carbonyl (C=O) groups is 1. The minimum atomic E-state index is -0.853. The molecular formula is C9H20N2O4S2. The van der Waals surface area contributed by atoms with Crippen LogP contribution in [0.4, 0.5) is 4.79 Å². The number of nitrogens with two attached hydrogens (primary N) is 1. The second-order valence-corrected chi connectivity index (χ2v) is 3.71. The van der Waals surface area contributed by atoms with Gasteiger partial charge in [-0.25, -0.2) is 0 Å². The molecule has 1 atom stereocenters. The zero-order chi connectivity index (χ0) is 13.8. The highest BCUT2D eigenvalue weighted by Crippen LogP contribution is 1.95. The van der Waals surface area contributed by atoms with Gasteiger partial charge in [-0.05, 0) is 26.1 Å². The summed E-state index contributed by atoms with van der Waals surface area (Å²) < 4.78 is 5.09. The summed E-state index contributed by atoms with van der Waals surface area (Å²) in [6, 6.07) is 0. The van der Waals surface area contributed by atoms with Crippen molar-refractivity contribution in [3.05, 3.63) is 0 Å². The fraction of sp³-hybridized carbons (Fsp3) is 0.778. The maximum absolute atomic E-state index is 9.09. The third-order valence-corrected chi connectivity index (χ3v) is 2.01. The van der Waals surface area contributed by atoms with Gasteiger partial charge in [0.2, 0.25) is 0 Å². The van der Waals surface area contributed by atoms with Crippen molar-refractivity contribution in [3.8, 4) is 0 Å². The van der Waals surface area contributed by atoms with Gasteiger partial charge in [0.25, 0.3) is 10.4 Å². The predicted octanol–water partition coefficient (Wildman–Crippen LogP) is -0.0222. The molecule has 4 N–H and O–H groups in total. The molecule has 0 fully saturated rings. The minimum absolute atomic E-state index is 0.0475. The van der Waals surface area contributed by atoms with E-state index >= 15 is 0 Å². The van der Waals surface area contributed by atoms with Gasteiger partial charge in [0.15, 0.2) is 0 Å². The first-order valence-electron chi connectivity index (χ1n) is 5.07. The van der Waals surface area contributed by atoms with Gasteiger partial charge in [0, 0.05) is 13.1 Å². The monoisotopic (exact) mass is 284 g/mol. The van der Waals surface area contributed by atoms with E-state index in [-0.39, 0.29) is 13.2 Å². The molecule has 102 valence electrons.